The quantitative estimate of drug-likeness (QED) is 0.307. The second-order valence-corrected chi connectivity index (χ2v) is 10.1. The third-order valence-electron chi connectivity index (χ3n) is 5.93. The summed E-state index contributed by atoms with van der Waals surface area (Å²) in [6, 6.07) is 31.9. The van der Waals surface area contributed by atoms with Crippen molar-refractivity contribution >= 4 is 25.7 Å². The molecule has 2 fully saturated rings. The molecule has 2 heterocycles. The maximum Gasteiger partial charge on any atom is 0.219 e. The molecule has 0 aliphatic carbocycles. The summed E-state index contributed by atoms with van der Waals surface area (Å²) in [5, 5.41) is -0.254. The minimum atomic E-state index is -0.929. The normalized spacial score (nSPS) is 23.3. The lowest BCUT2D eigenvalue weighted by molar-refractivity contribution is 0.207. The summed E-state index contributed by atoms with van der Waals surface area (Å²) in [5.41, 5.74) is 3.45. The van der Waals surface area contributed by atoms with Crippen molar-refractivity contribution in [1.29, 1.82) is 0 Å². The summed E-state index contributed by atoms with van der Waals surface area (Å²) < 4.78 is 12.0. The fourth-order valence-electron chi connectivity index (χ4n) is 4.40. The van der Waals surface area contributed by atoms with Gasteiger partial charge in [0.05, 0.1) is 5.38 Å². The van der Waals surface area contributed by atoms with Gasteiger partial charge in [-0.3, -0.25) is 0 Å². The largest absolute Gasteiger partial charge is 0.317 e. The number of hydrogen-bond donors (Lipinski definition) is 0. The van der Waals surface area contributed by atoms with Crippen LogP contribution < -0.4 is 4.67 Å². The van der Waals surface area contributed by atoms with Gasteiger partial charge < -0.3 is 9.19 Å². The molecular weight excluding hydrogens is 411 g/mol. The molecule has 4 atom stereocenters. The minimum absolute atomic E-state index is 0.216. The van der Waals surface area contributed by atoms with Gasteiger partial charge in [0.2, 0.25) is 8.45 Å². The molecule has 3 aromatic rings. The summed E-state index contributed by atoms with van der Waals surface area (Å²) in [6.07, 6.45) is 2.27. The maximum atomic E-state index is 7.07. The molecular formula is C25H26ClN2OP. The smallest absolute Gasteiger partial charge is 0.219 e. The summed E-state index contributed by atoms with van der Waals surface area (Å²) in [5.74, 6) is 0. The number of nitrogens with zero attached hydrogens (tertiary/aromatic N) is 2. The SMILES string of the molecule is ClC(c1ccccc1)C(OP1N(c2ccccc2)CC2CCCN21)c1ccccc1. The Balaban J connectivity index is 1.49. The first-order valence-corrected chi connectivity index (χ1v) is 12.2. The molecule has 2 aliphatic rings. The Morgan fingerprint density at radius 2 is 1.43 bits per heavy atom. The molecule has 0 radical (unpaired) electrons. The van der Waals surface area contributed by atoms with E-state index in [0.29, 0.717) is 6.04 Å². The molecule has 30 heavy (non-hydrogen) atoms. The van der Waals surface area contributed by atoms with Gasteiger partial charge in [0, 0.05) is 24.8 Å². The number of fused-ring (bicyclic) bond motifs is 1. The third kappa shape index (κ3) is 4.00. The van der Waals surface area contributed by atoms with Gasteiger partial charge in [-0.25, -0.2) is 4.67 Å². The summed E-state index contributed by atoms with van der Waals surface area (Å²) >= 11 is 7.07. The van der Waals surface area contributed by atoms with Gasteiger partial charge in [0.1, 0.15) is 6.10 Å². The molecule has 0 aromatic heterocycles. The van der Waals surface area contributed by atoms with E-state index >= 15 is 0 Å². The number of para-hydroxylation sites is 1. The first kappa shape index (κ1) is 20.0. The highest BCUT2D eigenvalue weighted by Crippen LogP contribution is 2.60. The van der Waals surface area contributed by atoms with Crippen LogP contribution >= 0.6 is 20.1 Å². The molecule has 154 valence electrons. The van der Waals surface area contributed by atoms with Crippen molar-refractivity contribution in [3.8, 4) is 0 Å². The van der Waals surface area contributed by atoms with Gasteiger partial charge in [0.15, 0.2) is 0 Å². The number of rotatable bonds is 6. The first-order chi connectivity index (χ1) is 14.8. The minimum Gasteiger partial charge on any atom is -0.317 e. The van der Waals surface area contributed by atoms with Crippen LogP contribution in [-0.4, -0.2) is 23.8 Å². The number of halogens is 1. The fourth-order valence-corrected chi connectivity index (χ4v) is 7.21. The lowest BCUT2D eigenvalue weighted by Crippen LogP contribution is -2.21. The lowest BCUT2D eigenvalue weighted by Gasteiger charge is -2.34. The van der Waals surface area contributed by atoms with Crippen molar-refractivity contribution < 1.29 is 4.52 Å². The maximum absolute atomic E-state index is 7.07. The number of alkyl halides is 1. The van der Waals surface area contributed by atoms with Gasteiger partial charge in [-0.1, -0.05) is 78.9 Å². The third-order valence-corrected chi connectivity index (χ3v) is 8.60. The highest BCUT2D eigenvalue weighted by Gasteiger charge is 2.46. The van der Waals surface area contributed by atoms with Crippen LogP contribution in [0.3, 0.4) is 0 Å². The highest BCUT2D eigenvalue weighted by atomic mass is 35.5. The van der Waals surface area contributed by atoms with E-state index in [1.54, 1.807) is 0 Å². The Kier molecular flexibility index (Phi) is 6.06. The van der Waals surface area contributed by atoms with E-state index in [9.17, 15) is 0 Å². The monoisotopic (exact) mass is 436 g/mol. The second-order valence-electron chi connectivity index (χ2n) is 7.88. The van der Waals surface area contributed by atoms with E-state index < -0.39 is 8.45 Å². The zero-order chi connectivity index (χ0) is 20.3. The van der Waals surface area contributed by atoms with Crippen LogP contribution in [0.4, 0.5) is 5.69 Å². The fraction of sp³-hybridized carbons (Fsp3) is 0.280. The topological polar surface area (TPSA) is 15.7 Å². The molecule has 5 rings (SSSR count). The zero-order valence-corrected chi connectivity index (χ0v) is 18.5. The van der Waals surface area contributed by atoms with Gasteiger partial charge in [-0.05, 0) is 36.1 Å². The van der Waals surface area contributed by atoms with E-state index in [1.165, 1.54) is 18.5 Å². The Hall–Kier alpha value is -1.90. The van der Waals surface area contributed by atoms with Crippen LogP contribution in [0.2, 0.25) is 0 Å². The number of hydrogen-bond acceptors (Lipinski definition) is 3. The average Bonchev–Trinajstić information content (AvgIpc) is 3.41. The standard InChI is InChI=1S/C25H26ClN2OP/c26-24(20-11-4-1-5-12-20)25(21-13-6-2-7-14-21)29-30-27-18-10-17-23(27)19-28(30)22-15-8-3-9-16-22/h1-9,11-16,23-25H,10,17-19H2. The Bertz CT molecular complexity index is 943. The second kappa shape index (κ2) is 9.08. The van der Waals surface area contributed by atoms with Gasteiger partial charge in [-0.2, -0.15) is 0 Å². The van der Waals surface area contributed by atoms with Crippen molar-refractivity contribution in [2.24, 2.45) is 0 Å². The van der Waals surface area contributed by atoms with Crippen molar-refractivity contribution in [1.82, 2.24) is 4.67 Å². The summed E-state index contributed by atoms with van der Waals surface area (Å²) in [4.78, 5) is 0. The summed E-state index contributed by atoms with van der Waals surface area (Å²) in [6.45, 7) is 2.12. The van der Waals surface area contributed by atoms with E-state index in [2.05, 4.69) is 76.1 Å². The van der Waals surface area contributed by atoms with E-state index in [-0.39, 0.29) is 11.5 Å². The van der Waals surface area contributed by atoms with Crippen LogP contribution in [0.1, 0.15) is 35.4 Å². The van der Waals surface area contributed by atoms with Crippen LogP contribution in [0, 0.1) is 0 Å². The van der Waals surface area contributed by atoms with Gasteiger partial charge in [0.25, 0.3) is 0 Å². The molecule has 0 spiro atoms. The van der Waals surface area contributed by atoms with Crippen molar-refractivity contribution in [2.75, 3.05) is 17.8 Å². The molecule has 2 saturated heterocycles. The zero-order valence-electron chi connectivity index (χ0n) is 16.8. The molecule has 0 bridgehead atoms. The molecule has 0 saturated carbocycles. The molecule has 0 N–H and O–H groups in total. The highest BCUT2D eigenvalue weighted by molar-refractivity contribution is 7.52. The summed E-state index contributed by atoms with van der Waals surface area (Å²) in [7, 11) is -0.929. The predicted octanol–water partition coefficient (Wildman–Crippen LogP) is 6.94. The van der Waals surface area contributed by atoms with E-state index in [0.717, 1.165) is 24.2 Å². The molecule has 5 heteroatoms. The van der Waals surface area contributed by atoms with Crippen LogP contribution in [0.5, 0.6) is 0 Å². The first-order valence-electron chi connectivity index (χ1n) is 10.6. The van der Waals surface area contributed by atoms with Gasteiger partial charge >= 0.3 is 0 Å². The van der Waals surface area contributed by atoms with Crippen molar-refractivity contribution in [3.05, 3.63) is 102 Å². The van der Waals surface area contributed by atoms with E-state index in [4.69, 9.17) is 16.1 Å². The molecule has 3 aromatic carbocycles. The lowest BCUT2D eigenvalue weighted by atomic mass is 10.0. The number of benzene rings is 3. The van der Waals surface area contributed by atoms with Crippen LogP contribution in [-0.2, 0) is 4.52 Å². The Labute approximate surface area is 185 Å². The van der Waals surface area contributed by atoms with Crippen molar-refractivity contribution in [3.63, 3.8) is 0 Å². The Morgan fingerprint density at radius 3 is 2.10 bits per heavy atom. The predicted molar refractivity (Wildman–Crippen MR) is 126 cm³/mol. The number of anilines is 1. The molecule has 2 aliphatic heterocycles. The molecule has 4 unspecified atom stereocenters. The van der Waals surface area contributed by atoms with Crippen LogP contribution in [0.15, 0.2) is 91.0 Å². The van der Waals surface area contributed by atoms with Crippen LogP contribution in [0.25, 0.3) is 0 Å². The van der Waals surface area contributed by atoms with E-state index in [1.807, 2.05) is 24.3 Å². The molecule has 0 amide bonds. The van der Waals surface area contributed by atoms with Gasteiger partial charge in [-0.15, -0.1) is 11.6 Å². The Morgan fingerprint density at radius 1 is 0.833 bits per heavy atom. The van der Waals surface area contributed by atoms with Crippen molar-refractivity contribution in [2.45, 2.75) is 30.4 Å². The molecule has 3 nitrogen and oxygen atoms in total. The average molecular weight is 437 g/mol.